The first-order valence-electron chi connectivity index (χ1n) is 5.68. The molecule has 0 aromatic heterocycles. The normalized spacial score (nSPS) is 11.5. The third-order valence-corrected chi connectivity index (χ3v) is 2.53. The summed E-state index contributed by atoms with van der Waals surface area (Å²) in [6, 6.07) is 4.40. The van der Waals surface area contributed by atoms with Crippen molar-refractivity contribution < 1.29 is 24.2 Å². The van der Waals surface area contributed by atoms with Crippen molar-refractivity contribution in [2.45, 2.75) is 19.4 Å². The Bertz CT molecular complexity index is 434. The third-order valence-electron chi connectivity index (χ3n) is 2.53. The molecule has 0 saturated carbocycles. The molecular weight excluding hydrogens is 250 g/mol. The number of benzene rings is 1. The first-order chi connectivity index (χ1) is 8.96. The Balaban J connectivity index is 3.12. The van der Waals surface area contributed by atoms with E-state index in [2.05, 4.69) is 5.32 Å². The van der Waals surface area contributed by atoms with Crippen LogP contribution in [0, 0.1) is 0 Å². The first-order valence-corrected chi connectivity index (χ1v) is 5.68. The maximum absolute atomic E-state index is 11.2. The molecule has 0 aliphatic heterocycles. The summed E-state index contributed by atoms with van der Waals surface area (Å²) in [5, 5.41) is 11.5. The predicted octanol–water partition coefficient (Wildman–Crippen LogP) is 1.36. The molecule has 0 fully saturated rings. The van der Waals surface area contributed by atoms with Gasteiger partial charge in [0.05, 0.1) is 26.7 Å². The second-order valence-corrected chi connectivity index (χ2v) is 4.00. The number of methoxy groups -OCH3 is 2. The summed E-state index contributed by atoms with van der Waals surface area (Å²) >= 11 is 0. The van der Waals surface area contributed by atoms with E-state index in [0.717, 1.165) is 0 Å². The maximum atomic E-state index is 11.2. The van der Waals surface area contributed by atoms with Crippen molar-refractivity contribution in [3.05, 3.63) is 23.8 Å². The van der Waals surface area contributed by atoms with Crippen LogP contribution >= 0.6 is 0 Å². The van der Waals surface area contributed by atoms with Gasteiger partial charge in [-0.25, -0.2) is 0 Å². The number of carbonyl (C=O) groups excluding carboxylic acids is 1. The van der Waals surface area contributed by atoms with E-state index in [0.29, 0.717) is 17.1 Å². The number of carboxylic acids is 1. The van der Waals surface area contributed by atoms with Crippen LogP contribution in [0.4, 0.5) is 0 Å². The van der Waals surface area contributed by atoms with Gasteiger partial charge in [-0.3, -0.25) is 9.59 Å². The highest BCUT2D eigenvalue weighted by atomic mass is 16.5. The Morgan fingerprint density at radius 1 is 1.21 bits per heavy atom. The SMILES string of the molecule is COc1cc(OC)cc([C@@H](CC(=O)O)NC(C)=O)c1. The number of hydrogen-bond donors (Lipinski definition) is 2. The fourth-order valence-corrected chi connectivity index (χ4v) is 1.70. The molecule has 19 heavy (non-hydrogen) atoms. The lowest BCUT2D eigenvalue weighted by Crippen LogP contribution is -2.28. The van der Waals surface area contributed by atoms with Crippen molar-refractivity contribution in [3.63, 3.8) is 0 Å². The van der Waals surface area contributed by atoms with Gasteiger partial charge in [-0.15, -0.1) is 0 Å². The van der Waals surface area contributed by atoms with E-state index in [1.807, 2.05) is 0 Å². The molecule has 1 rings (SSSR count). The zero-order chi connectivity index (χ0) is 14.4. The maximum Gasteiger partial charge on any atom is 0.305 e. The van der Waals surface area contributed by atoms with Gasteiger partial charge < -0.3 is 19.9 Å². The van der Waals surface area contributed by atoms with Crippen LogP contribution in [-0.2, 0) is 9.59 Å². The molecular formula is C13H17NO5. The van der Waals surface area contributed by atoms with Crippen molar-refractivity contribution >= 4 is 11.9 Å². The van der Waals surface area contributed by atoms with Gasteiger partial charge >= 0.3 is 5.97 Å². The number of ether oxygens (including phenoxy) is 2. The Kier molecular flexibility index (Phi) is 5.17. The minimum absolute atomic E-state index is 0.212. The third kappa shape index (κ3) is 4.50. The zero-order valence-corrected chi connectivity index (χ0v) is 11.1. The Morgan fingerprint density at radius 2 is 1.74 bits per heavy atom. The summed E-state index contributed by atoms with van der Waals surface area (Å²) in [7, 11) is 3.01. The minimum Gasteiger partial charge on any atom is -0.497 e. The summed E-state index contributed by atoms with van der Waals surface area (Å²) in [6.07, 6.45) is -0.212. The molecule has 0 unspecified atom stereocenters. The smallest absolute Gasteiger partial charge is 0.305 e. The average Bonchev–Trinajstić information content (AvgIpc) is 2.36. The van der Waals surface area contributed by atoms with Crippen LogP contribution in [0.15, 0.2) is 18.2 Å². The number of carbonyl (C=O) groups is 2. The van der Waals surface area contributed by atoms with Crippen LogP contribution in [-0.4, -0.2) is 31.2 Å². The molecule has 0 aliphatic rings. The molecule has 0 radical (unpaired) electrons. The highest BCUT2D eigenvalue weighted by Gasteiger charge is 2.18. The van der Waals surface area contributed by atoms with Gasteiger partial charge in [-0.1, -0.05) is 0 Å². The van der Waals surface area contributed by atoms with Crippen LogP contribution < -0.4 is 14.8 Å². The van der Waals surface area contributed by atoms with Gasteiger partial charge in [0, 0.05) is 13.0 Å². The fraction of sp³-hybridized carbons (Fsp3) is 0.385. The summed E-state index contributed by atoms with van der Waals surface area (Å²) in [5.74, 6) is -0.223. The summed E-state index contributed by atoms with van der Waals surface area (Å²) < 4.78 is 10.2. The molecule has 0 bridgehead atoms. The van der Waals surface area contributed by atoms with Gasteiger partial charge in [0.25, 0.3) is 0 Å². The molecule has 0 spiro atoms. The number of rotatable bonds is 6. The fourth-order valence-electron chi connectivity index (χ4n) is 1.70. The van der Waals surface area contributed by atoms with E-state index in [4.69, 9.17) is 14.6 Å². The van der Waals surface area contributed by atoms with E-state index in [9.17, 15) is 9.59 Å². The van der Waals surface area contributed by atoms with E-state index >= 15 is 0 Å². The second-order valence-electron chi connectivity index (χ2n) is 4.00. The molecule has 2 N–H and O–H groups in total. The minimum atomic E-state index is -1.000. The summed E-state index contributed by atoms with van der Waals surface area (Å²) in [5.41, 5.74) is 0.619. The van der Waals surface area contributed by atoms with Gasteiger partial charge in [-0.2, -0.15) is 0 Å². The standard InChI is InChI=1S/C13H17NO5/c1-8(15)14-12(7-13(16)17)9-4-10(18-2)6-11(5-9)19-3/h4-6,12H,7H2,1-3H3,(H,14,15)(H,16,17)/t12-/m1/s1. The van der Waals surface area contributed by atoms with Crippen molar-refractivity contribution in [1.82, 2.24) is 5.32 Å². The highest BCUT2D eigenvalue weighted by Crippen LogP contribution is 2.27. The molecule has 1 amide bonds. The first kappa shape index (κ1) is 14.8. The number of hydrogen-bond acceptors (Lipinski definition) is 4. The van der Waals surface area contributed by atoms with E-state index < -0.39 is 12.0 Å². The van der Waals surface area contributed by atoms with Crippen molar-refractivity contribution in [2.75, 3.05) is 14.2 Å². The van der Waals surface area contributed by atoms with E-state index in [1.54, 1.807) is 18.2 Å². The molecule has 6 nitrogen and oxygen atoms in total. The molecule has 1 aromatic carbocycles. The molecule has 104 valence electrons. The molecule has 1 atom stereocenters. The largest absolute Gasteiger partial charge is 0.497 e. The lowest BCUT2D eigenvalue weighted by Gasteiger charge is -2.18. The van der Waals surface area contributed by atoms with E-state index in [1.165, 1.54) is 21.1 Å². The van der Waals surface area contributed by atoms with Crippen molar-refractivity contribution in [2.24, 2.45) is 0 Å². The van der Waals surface area contributed by atoms with E-state index in [-0.39, 0.29) is 12.3 Å². The second kappa shape index (κ2) is 6.63. The van der Waals surface area contributed by atoms with Crippen LogP contribution in [0.2, 0.25) is 0 Å². The Hall–Kier alpha value is -2.24. The van der Waals surface area contributed by atoms with Crippen LogP contribution in [0.5, 0.6) is 11.5 Å². The predicted molar refractivity (Wildman–Crippen MR) is 68.4 cm³/mol. The van der Waals surface area contributed by atoms with Gasteiger partial charge in [-0.05, 0) is 17.7 Å². The van der Waals surface area contributed by atoms with Crippen LogP contribution in [0.25, 0.3) is 0 Å². The average molecular weight is 267 g/mol. The van der Waals surface area contributed by atoms with Crippen molar-refractivity contribution in [3.8, 4) is 11.5 Å². The molecule has 1 aromatic rings. The van der Waals surface area contributed by atoms with Crippen molar-refractivity contribution in [1.29, 1.82) is 0 Å². The highest BCUT2D eigenvalue weighted by molar-refractivity contribution is 5.75. The Morgan fingerprint density at radius 3 is 2.11 bits per heavy atom. The summed E-state index contributed by atoms with van der Waals surface area (Å²) in [6.45, 7) is 1.34. The lowest BCUT2D eigenvalue weighted by atomic mass is 10.0. The zero-order valence-electron chi connectivity index (χ0n) is 11.1. The van der Waals surface area contributed by atoms with Crippen LogP contribution in [0.3, 0.4) is 0 Å². The number of nitrogens with one attached hydrogen (secondary N) is 1. The lowest BCUT2D eigenvalue weighted by molar-refractivity contribution is -0.137. The number of amides is 1. The molecule has 0 aliphatic carbocycles. The van der Waals surface area contributed by atoms with Crippen LogP contribution in [0.1, 0.15) is 24.9 Å². The summed E-state index contributed by atoms with van der Waals surface area (Å²) in [4.78, 5) is 22.0. The number of carboxylic acid groups (broad SMARTS) is 1. The topological polar surface area (TPSA) is 84.9 Å². The molecule has 0 heterocycles. The molecule has 0 saturated heterocycles. The van der Waals surface area contributed by atoms with Gasteiger partial charge in [0.15, 0.2) is 0 Å². The Labute approximate surface area is 111 Å². The van der Waals surface area contributed by atoms with Gasteiger partial charge in [0.2, 0.25) is 5.91 Å². The molecule has 6 heteroatoms. The monoisotopic (exact) mass is 267 g/mol. The number of aliphatic carboxylic acids is 1. The van der Waals surface area contributed by atoms with Gasteiger partial charge in [0.1, 0.15) is 11.5 Å². The quantitative estimate of drug-likeness (QED) is 0.812.